The zero-order valence-corrected chi connectivity index (χ0v) is 14.2. The van der Waals surface area contributed by atoms with Crippen molar-refractivity contribution in [1.29, 1.82) is 0 Å². The maximum absolute atomic E-state index is 12.3. The highest BCUT2D eigenvalue weighted by Gasteiger charge is 2.46. The average Bonchev–Trinajstić information content (AvgIpc) is 2.99. The number of ether oxygens (including phenoxy) is 2. The summed E-state index contributed by atoms with van der Waals surface area (Å²) in [5.41, 5.74) is -0.394. The first-order valence-corrected chi connectivity index (χ1v) is 8.00. The van der Waals surface area contributed by atoms with Gasteiger partial charge in [-0.3, -0.25) is 9.59 Å². The third-order valence-electron chi connectivity index (χ3n) is 4.37. The van der Waals surface area contributed by atoms with Crippen molar-refractivity contribution in [2.24, 2.45) is 5.41 Å². The number of hydrogen-bond donors (Lipinski definition) is 1. The standard InChI is InChI=1S/C17H20F3NO5/c1-25-11-16(15(23)24)8-9-21(10-16)14(22)7-4-12-2-5-13(6-3-12)26-17(18,19)20/h2-3,5-6H,4,7-11H2,1H3,(H,23,24). The number of nitrogens with zero attached hydrogens (tertiary/aromatic N) is 1. The number of benzene rings is 1. The molecule has 26 heavy (non-hydrogen) atoms. The first-order chi connectivity index (χ1) is 12.1. The van der Waals surface area contributed by atoms with E-state index in [0.29, 0.717) is 24.9 Å². The molecule has 1 aliphatic heterocycles. The number of methoxy groups -OCH3 is 1. The molecule has 0 aromatic heterocycles. The van der Waals surface area contributed by atoms with Crippen molar-refractivity contribution in [2.75, 3.05) is 26.8 Å². The Bertz CT molecular complexity index is 647. The molecule has 1 aromatic rings. The van der Waals surface area contributed by atoms with E-state index >= 15 is 0 Å². The van der Waals surface area contributed by atoms with Gasteiger partial charge >= 0.3 is 12.3 Å². The van der Waals surface area contributed by atoms with Crippen LogP contribution in [0.25, 0.3) is 0 Å². The minimum Gasteiger partial charge on any atom is -0.481 e. The Morgan fingerprint density at radius 2 is 1.92 bits per heavy atom. The number of aryl methyl sites for hydroxylation is 1. The molecular formula is C17H20F3NO5. The number of carbonyl (C=O) groups is 2. The van der Waals surface area contributed by atoms with Crippen molar-refractivity contribution in [1.82, 2.24) is 4.90 Å². The van der Waals surface area contributed by atoms with E-state index in [4.69, 9.17) is 4.74 Å². The molecule has 0 aliphatic carbocycles. The zero-order valence-electron chi connectivity index (χ0n) is 14.2. The van der Waals surface area contributed by atoms with Gasteiger partial charge in [0.25, 0.3) is 0 Å². The molecule has 6 nitrogen and oxygen atoms in total. The van der Waals surface area contributed by atoms with E-state index in [0.717, 1.165) is 0 Å². The van der Waals surface area contributed by atoms with E-state index in [-0.39, 0.29) is 31.2 Å². The van der Waals surface area contributed by atoms with Crippen LogP contribution >= 0.6 is 0 Å². The number of likely N-dealkylation sites (tertiary alicyclic amines) is 1. The molecule has 1 heterocycles. The number of carboxylic acids is 1. The van der Waals surface area contributed by atoms with Crippen LogP contribution in [0.1, 0.15) is 18.4 Å². The number of amides is 1. The average molecular weight is 375 g/mol. The van der Waals surface area contributed by atoms with Crippen LogP contribution < -0.4 is 4.74 Å². The van der Waals surface area contributed by atoms with E-state index in [1.54, 1.807) is 0 Å². The molecule has 2 rings (SSSR count). The third-order valence-corrected chi connectivity index (χ3v) is 4.37. The summed E-state index contributed by atoms with van der Waals surface area (Å²) < 4.78 is 45.1. The lowest BCUT2D eigenvalue weighted by atomic mass is 9.88. The highest BCUT2D eigenvalue weighted by molar-refractivity contribution is 5.81. The predicted octanol–water partition coefficient (Wildman–Crippen LogP) is 2.47. The fourth-order valence-electron chi connectivity index (χ4n) is 2.98. The van der Waals surface area contributed by atoms with Crippen molar-refractivity contribution in [3.05, 3.63) is 29.8 Å². The largest absolute Gasteiger partial charge is 0.573 e. The number of carboxylic acid groups (broad SMARTS) is 1. The summed E-state index contributed by atoms with van der Waals surface area (Å²) in [6.45, 7) is 0.465. The molecule has 0 bridgehead atoms. The van der Waals surface area contributed by atoms with Gasteiger partial charge in [0.2, 0.25) is 5.91 Å². The molecular weight excluding hydrogens is 355 g/mol. The van der Waals surface area contributed by atoms with E-state index in [1.807, 2.05) is 0 Å². The van der Waals surface area contributed by atoms with Gasteiger partial charge < -0.3 is 19.5 Å². The lowest BCUT2D eigenvalue weighted by Crippen LogP contribution is -2.40. The minimum absolute atomic E-state index is 0.0345. The molecule has 0 saturated carbocycles. The fraction of sp³-hybridized carbons (Fsp3) is 0.529. The first kappa shape index (κ1) is 20.0. The second kappa shape index (κ2) is 7.94. The summed E-state index contributed by atoms with van der Waals surface area (Å²) in [6.07, 6.45) is -3.94. The smallest absolute Gasteiger partial charge is 0.481 e. The molecule has 1 fully saturated rings. The second-order valence-electron chi connectivity index (χ2n) is 6.28. The molecule has 144 valence electrons. The van der Waals surface area contributed by atoms with Crippen molar-refractivity contribution >= 4 is 11.9 Å². The zero-order chi connectivity index (χ0) is 19.4. The van der Waals surface area contributed by atoms with Gasteiger partial charge in [-0.25, -0.2) is 0 Å². The van der Waals surface area contributed by atoms with Crippen molar-refractivity contribution < 1.29 is 37.3 Å². The van der Waals surface area contributed by atoms with Crippen LogP contribution in [0.2, 0.25) is 0 Å². The summed E-state index contributed by atoms with van der Waals surface area (Å²) in [6, 6.07) is 5.31. The van der Waals surface area contributed by atoms with E-state index in [2.05, 4.69) is 4.74 Å². The topological polar surface area (TPSA) is 76.1 Å². The number of hydrogen-bond acceptors (Lipinski definition) is 4. The quantitative estimate of drug-likeness (QED) is 0.792. The van der Waals surface area contributed by atoms with Gasteiger partial charge in [0.05, 0.1) is 6.61 Å². The van der Waals surface area contributed by atoms with Crippen LogP contribution in [0.3, 0.4) is 0 Å². The van der Waals surface area contributed by atoms with Gasteiger partial charge in [0, 0.05) is 26.6 Å². The first-order valence-electron chi connectivity index (χ1n) is 8.00. The fourth-order valence-corrected chi connectivity index (χ4v) is 2.98. The van der Waals surface area contributed by atoms with Crippen LogP contribution in [0, 0.1) is 5.41 Å². The van der Waals surface area contributed by atoms with Gasteiger partial charge in [-0.15, -0.1) is 13.2 Å². The highest BCUT2D eigenvalue weighted by Crippen LogP contribution is 2.32. The van der Waals surface area contributed by atoms with Gasteiger partial charge in [0.1, 0.15) is 11.2 Å². The van der Waals surface area contributed by atoms with Crippen LogP contribution in [-0.2, 0) is 20.7 Å². The van der Waals surface area contributed by atoms with Gasteiger partial charge in [0.15, 0.2) is 0 Å². The molecule has 1 saturated heterocycles. The van der Waals surface area contributed by atoms with E-state index in [9.17, 15) is 27.9 Å². The van der Waals surface area contributed by atoms with Crippen LogP contribution in [-0.4, -0.2) is 55.1 Å². The number of rotatable bonds is 7. The second-order valence-corrected chi connectivity index (χ2v) is 6.28. The number of halogens is 3. The van der Waals surface area contributed by atoms with Gasteiger partial charge in [-0.2, -0.15) is 0 Å². The lowest BCUT2D eigenvalue weighted by Gasteiger charge is -2.23. The normalized spacial score (nSPS) is 20.2. The Labute approximate surface area is 148 Å². The molecule has 1 aliphatic rings. The maximum atomic E-state index is 12.3. The Morgan fingerprint density at radius 1 is 1.27 bits per heavy atom. The van der Waals surface area contributed by atoms with Crippen molar-refractivity contribution in [2.45, 2.75) is 25.6 Å². The number of aliphatic carboxylic acids is 1. The predicted molar refractivity (Wildman–Crippen MR) is 84.6 cm³/mol. The maximum Gasteiger partial charge on any atom is 0.573 e. The summed E-state index contributed by atoms with van der Waals surface area (Å²) in [4.78, 5) is 25.3. The van der Waals surface area contributed by atoms with E-state index < -0.39 is 17.7 Å². The minimum atomic E-state index is -4.74. The monoisotopic (exact) mass is 375 g/mol. The summed E-state index contributed by atoms with van der Waals surface area (Å²) >= 11 is 0. The van der Waals surface area contributed by atoms with Crippen LogP contribution in [0.15, 0.2) is 24.3 Å². The molecule has 0 radical (unpaired) electrons. The lowest BCUT2D eigenvalue weighted by molar-refractivity contribution is -0.274. The summed E-state index contributed by atoms with van der Waals surface area (Å²) in [5.74, 6) is -1.51. The molecule has 1 N–H and O–H groups in total. The van der Waals surface area contributed by atoms with Crippen molar-refractivity contribution in [3.63, 3.8) is 0 Å². The summed E-state index contributed by atoms with van der Waals surface area (Å²) in [7, 11) is 1.42. The Hall–Kier alpha value is -2.29. The molecule has 9 heteroatoms. The van der Waals surface area contributed by atoms with Crippen molar-refractivity contribution in [3.8, 4) is 5.75 Å². The van der Waals surface area contributed by atoms with E-state index in [1.165, 1.54) is 36.3 Å². The Balaban J connectivity index is 1.88. The Morgan fingerprint density at radius 3 is 2.46 bits per heavy atom. The molecule has 0 spiro atoms. The number of carbonyl (C=O) groups excluding carboxylic acids is 1. The molecule has 1 unspecified atom stereocenters. The number of alkyl halides is 3. The highest BCUT2D eigenvalue weighted by atomic mass is 19.4. The van der Waals surface area contributed by atoms with Crippen LogP contribution in [0.4, 0.5) is 13.2 Å². The third kappa shape index (κ3) is 5.10. The van der Waals surface area contributed by atoms with Gasteiger partial charge in [-0.05, 0) is 30.5 Å². The SMILES string of the molecule is COCC1(C(=O)O)CCN(C(=O)CCc2ccc(OC(F)(F)F)cc2)C1. The molecule has 1 atom stereocenters. The molecule has 1 amide bonds. The Kier molecular flexibility index (Phi) is 6.12. The van der Waals surface area contributed by atoms with Crippen LogP contribution in [0.5, 0.6) is 5.75 Å². The van der Waals surface area contributed by atoms with Gasteiger partial charge in [-0.1, -0.05) is 12.1 Å². The molecule has 1 aromatic carbocycles. The summed E-state index contributed by atoms with van der Waals surface area (Å²) in [5, 5.41) is 9.40.